The van der Waals surface area contributed by atoms with Gasteiger partial charge in [0.25, 0.3) is 5.91 Å². The van der Waals surface area contributed by atoms with E-state index >= 15 is 0 Å². The molecule has 0 spiro atoms. The summed E-state index contributed by atoms with van der Waals surface area (Å²) in [6.07, 6.45) is 0. The lowest BCUT2D eigenvalue weighted by Gasteiger charge is -2.20. The zero-order valence-corrected chi connectivity index (χ0v) is 17.8. The zero-order valence-electron chi connectivity index (χ0n) is 16.3. The van der Waals surface area contributed by atoms with E-state index in [1.165, 1.54) is 18.2 Å². The van der Waals surface area contributed by atoms with Gasteiger partial charge in [-0.15, -0.1) is 0 Å². The SMILES string of the molecule is CC1(C)CS(=O)(=O)N(c2ccc(Cl)c(C(=O)Nc3ccc4c(c3)OCCO4)c2)C1=O. The van der Waals surface area contributed by atoms with Gasteiger partial charge in [-0.25, -0.2) is 12.7 Å². The van der Waals surface area contributed by atoms with Crippen molar-refractivity contribution in [2.24, 2.45) is 5.41 Å². The highest BCUT2D eigenvalue weighted by molar-refractivity contribution is 7.94. The quantitative estimate of drug-likeness (QED) is 0.771. The maximum Gasteiger partial charge on any atom is 0.257 e. The van der Waals surface area contributed by atoms with Gasteiger partial charge in [-0.05, 0) is 44.2 Å². The van der Waals surface area contributed by atoms with E-state index in [1.54, 1.807) is 32.0 Å². The van der Waals surface area contributed by atoms with Crippen LogP contribution >= 0.6 is 11.6 Å². The molecule has 2 aromatic carbocycles. The van der Waals surface area contributed by atoms with Crippen LogP contribution in [0.5, 0.6) is 11.5 Å². The highest BCUT2D eigenvalue weighted by Crippen LogP contribution is 2.37. The van der Waals surface area contributed by atoms with Gasteiger partial charge in [0.1, 0.15) is 13.2 Å². The molecule has 1 fully saturated rings. The first-order valence-corrected chi connectivity index (χ1v) is 11.2. The molecule has 1 saturated heterocycles. The van der Waals surface area contributed by atoms with Crippen LogP contribution < -0.4 is 19.1 Å². The average Bonchev–Trinajstić information content (AvgIpc) is 2.84. The molecule has 10 heteroatoms. The summed E-state index contributed by atoms with van der Waals surface area (Å²) in [5, 5.41) is 2.83. The minimum absolute atomic E-state index is 0.0387. The molecule has 2 heterocycles. The second-order valence-electron chi connectivity index (χ2n) is 7.69. The van der Waals surface area contributed by atoms with Crippen molar-refractivity contribution in [3.8, 4) is 11.5 Å². The normalized spacial score (nSPS) is 18.9. The fraction of sp³-hybridized carbons (Fsp3) is 0.300. The number of carbonyl (C=O) groups excluding carboxylic acids is 2. The van der Waals surface area contributed by atoms with Crippen LogP contribution in [0.1, 0.15) is 24.2 Å². The number of sulfonamides is 1. The Hall–Kier alpha value is -2.78. The topological polar surface area (TPSA) is 102 Å². The molecule has 2 aliphatic rings. The lowest BCUT2D eigenvalue weighted by atomic mass is 9.95. The van der Waals surface area contributed by atoms with Gasteiger partial charge < -0.3 is 14.8 Å². The highest BCUT2D eigenvalue weighted by atomic mass is 35.5. The molecular weight excluding hydrogens is 432 g/mol. The Morgan fingerprint density at radius 1 is 1.10 bits per heavy atom. The molecule has 0 atom stereocenters. The first-order valence-electron chi connectivity index (χ1n) is 9.16. The van der Waals surface area contributed by atoms with Crippen molar-refractivity contribution < 1.29 is 27.5 Å². The molecule has 158 valence electrons. The van der Waals surface area contributed by atoms with E-state index in [9.17, 15) is 18.0 Å². The van der Waals surface area contributed by atoms with Gasteiger partial charge in [0.2, 0.25) is 15.9 Å². The molecule has 2 aliphatic heterocycles. The Balaban J connectivity index is 1.64. The molecule has 0 aromatic heterocycles. The van der Waals surface area contributed by atoms with Crippen LogP contribution in [-0.2, 0) is 14.8 Å². The Kier molecular flexibility index (Phi) is 4.90. The number of amides is 2. The number of nitrogens with one attached hydrogen (secondary N) is 1. The van der Waals surface area contributed by atoms with E-state index in [-0.39, 0.29) is 22.0 Å². The van der Waals surface area contributed by atoms with Crippen molar-refractivity contribution in [2.45, 2.75) is 13.8 Å². The molecule has 2 amide bonds. The smallest absolute Gasteiger partial charge is 0.257 e. The summed E-state index contributed by atoms with van der Waals surface area (Å²) in [4.78, 5) is 25.4. The summed E-state index contributed by atoms with van der Waals surface area (Å²) < 4.78 is 36.8. The first-order chi connectivity index (χ1) is 14.1. The molecule has 0 aliphatic carbocycles. The number of rotatable bonds is 3. The van der Waals surface area contributed by atoms with E-state index in [0.29, 0.717) is 30.4 Å². The van der Waals surface area contributed by atoms with Gasteiger partial charge in [0, 0.05) is 11.8 Å². The van der Waals surface area contributed by atoms with Crippen molar-refractivity contribution in [3.63, 3.8) is 0 Å². The summed E-state index contributed by atoms with van der Waals surface area (Å²) in [5.41, 5.74) is -0.484. The molecule has 30 heavy (non-hydrogen) atoms. The summed E-state index contributed by atoms with van der Waals surface area (Å²) in [6, 6.07) is 9.05. The van der Waals surface area contributed by atoms with Crippen molar-refractivity contribution in [2.75, 3.05) is 28.6 Å². The number of hydrogen-bond donors (Lipinski definition) is 1. The van der Waals surface area contributed by atoms with Gasteiger partial charge in [0.15, 0.2) is 11.5 Å². The fourth-order valence-corrected chi connectivity index (χ4v) is 5.70. The zero-order chi connectivity index (χ0) is 21.7. The largest absolute Gasteiger partial charge is 0.486 e. The van der Waals surface area contributed by atoms with Gasteiger partial charge in [-0.2, -0.15) is 0 Å². The van der Waals surface area contributed by atoms with Crippen LogP contribution in [0.3, 0.4) is 0 Å². The van der Waals surface area contributed by atoms with E-state index in [0.717, 1.165) is 4.31 Å². The number of nitrogens with zero attached hydrogens (tertiary/aromatic N) is 1. The third kappa shape index (κ3) is 3.59. The van der Waals surface area contributed by atoms with Crippen molar-refractivity contribution in [1.82, 2.24) is 0 Å². The predicted octanol–water partition coefficient (Wildman–Crippen LogP) is 3.07. The van der Waals surface area contributed by atoms with Gasteiger partial charge in [0.05, 0.1) is 27.4 Å². The number of hydrogen-bond acceptors (Lipinski definition) is 6. The van der Waals surface area contributed by atoms with Crippen LogP contribution in [0, 0.1) is 5.41 Å². The van der Waals surface area contributed by atoms with Crippen molar-refractivity contribution in [3.05, 3.63) is 47.0 Å². The minimum Gasteiger partial charge on any atom is -0.486 e. The maximum absolute atomic E-state index is 12.8. The molecule has 0 saturated carbocycles. The predicted molar refractivity (Wildman–Crippen MR) is 112 cm³/mol. The Labute approximate surface area is 178 Å². The third-order valence-corrected chi connectivity index (χ3v) is 7.16. The number of halogens is 1. The molecule has 2 aromatic rings. The lowest BCUT2D eigenvalue weighted by molar-refractivity contribution is -0.123. The standard InChI is InChI=1S/C20H19ClN2O6S/c1-20(2)11-30(26,27)23(19(20)25)13-4-5-15(21)14(10-13)18(24)22-12-3-6-16-17(9-12)29-8-7-28-16/h3-6,9-10H,7-8,11H2,1-2H3,(H,22,24). The number of ether oxygens (including phenoxy) is 2. The molecule has 0 bridgehead atoms. The summed E-state index contributed by atoms with van der Waals surface area (Å²) in [5.74, 6) is -0.320. The number of anilines is 2. The summed E-state index contributed by atoms with van der Waals surface area (Å²) in [6.45, 7) is 4.00. The lowest BCUT2D eigenvalue weighted by Crippen LogP contribution is -2.33. The monoisotopic (exact) mass is 450 g/mol. The van der Waals surface area contributed by atoms with Crippen LogP contribution in [0.2, 0.25) is 5.02 Å². The van der Waals surface area contributed by atoms with Gasteiger partial charge in [-0.1, -0.05) is 11.6 Å². The van der Waals surface area contributed by atoms with Gasteiger partial charge in [-0.3, -0.25) is 9.59 Å². The fourth-order valence-electron chi connectivity index (χ4n) is 3.39. The molecule has 4 rings (SSSR count). The van der Waals surface area contributed by atoms with Crippen LogP contribution in [0.15, 0.2) is 36.4 Å². The molecular formula is C20H19ClN2O6S. The van der Waals surface area contributed by atoms with E-state index in [1.807, 2.05) is 0 Å². The number of carbonyl (C=O) groups is 2. The average molecular weight is 451 g/mol. The first kappa shape index (κ1) is 20.5. The van der Waals surface area contributed by atoms with E-state index in [4.69, 9.17) is 21.1 Å². The maximum atomic E-state index is 12.8. The second kappa shape index (κ2) is 7.17. The molecule has 8 nitrogen and oxygen atoms in total. The van der Waals surface area contributed by atoms with Gasteiger partial charge >= 0.3 is 0 Å². The van der Waals surface area contributed by atoms with Crippen molar-refractivity contribution >= 4 is 44.8 Å². The summed E-state index contributed by atoms with van der Waals surface area (Å²) >= 11 is 6.18. The van der Waals surface area contributed by atoms with E-state index < -0.39 is 27.3 Å². The molecule has 1 N–H and O–H groups in total. The van der Waals surface area contributed by atoms with Crippen molar-refractivity contribution in [1.29, 1.82) is 0 Å². The van der Waals surface area contributed by atoms with Crippen LogP contribution in [0.4, 0.5) is 11.4 Å². The highest BCUT2D eigenvalue weighted by Gasteiger charge is 2.50. The molecule has 0 radical (unpaired) electrons. The minimum atomic E-state index is -3.84. The van der Waals surface area contributed by atoms with Crippen LogP contribution in [-0.4, -0.2) is 39.2 Å². The van der Waals surface area contributed by atoms with Crippen LogP contribution in [0.25, 0.3) is 0 Å². The van der Waals surface area contributed by atoms with E-state index in [2.05, 4.69) is 5.32 Å². The third-order valence-electron chi connectivity index (χ3n) is 4.81. The Morgan fingerprint density at radius 3 is 2.47 bits per heavy atom. The number of fused-ring (bicyclic) bond motifs is 1. The molecule has 0 unspecified atom stereocenters. The Morgan fingerprint density at radius 2 is 1.80 bits per heavy atom. The summed E-state index contributed by atoms with van der Waals surface area (Å²) in [7, 11) is -3.84. The number of benzene rings is 2. The Bertz CT molecular complexity index is 1160. The second-order valence-corrected chi connectivity index (χ2v) is 9.91.